The van der Waals surface area contributed by atoms with Crippen LogP contribution in [-0.2, 0) is 4.74 Å². The zero-order valence-electron chi connectivity index (χ0n) is 10.8. The molecule has 0 saturated carbocycles. The van der Waals surface area contributed by atoms with Crippen LogP contribution in [0.1, 0.15) is 27.7 Å². The number of carbonyl (C=O) groups excluding carboxylic acids is 1. The molecule has 1 rings (SSSR count). The summed E-state index contributed by atoms with van der Waals surface area (Å²) in [6.07, 6.45) is -0.206. The van der Waals surface area contributed by atoms with E-state index in [4.69, 9.17) is 4.74 Å². The highest BCUT2D eigenvalue weighted by atomic mass is 16.6. The molecule has 0 aromatic carbocycles. The molecule has 0 N–H and O–H groups in total. The van der Waals surface area contributed by atoms with E-state index in [2.05, 4.69) is 25.8 Å². The van der Waals surface area contributed by atoms with E-state index >= 15 is 0 Å². The Bertz CT molecular complexity index is 195. The highest BCUT2D eigenvalue weighted by Crippen LogP contribution is 2.11. The molecule has 1 aliphatic rings. The van der Waals surface area contributed by atoms with E-state index in [-0.39, 0.29) is 12.1 Å². The zero-order valence-corrected chi connectivity index (χ0v) is 10.8. The van der Waals surface area contributed by atoms with E-state index in [1.807, 2.05) is 13.8 Å². The molecule has 0 aromatic rings. The average molecular weight is 216 g/mol. The summed E-state index contributed by atoms with van der Waals surface area (Å²) in [7, 11) is 3.84. The van der Waals surface area contributed by atoms with Crippen molar-refractivity contribution in [1.29, 1.82) is 0 Å². The third-order valence-electron chi connectivity index (χ3n) is 2.62. The van der Waals surface area contributed by atoms with E-state index in [1.54, 1.807) is 11.9 Å². The van der Waals surface area contributed by atoms with Crippen LogP contribution in [0.4, 0.5) is 4.79 Å². The summed E-state index contributed by atoms with van der Waals surface area (Å²) in [4.78, 5) is 14.9. The van der Waals surface area contributed by atoms with Crippen molar-refractivity contribution in [2.24, 2.45) is 0 Å². The highest BCUT2D eigenvalue weighted by Gasteiger charge is 2.30. The fraction of sp³-hybridized carbons (Fsp3) is 0.909. The van der Waals surface area contributed by atoms with Crippen molar-refractivity contribution in [2.45, 2.75) is 39.8 Å². The molecule has 1 aliphatic heterocycles. The van der Waals surface area contributed by atoms with Crippen molar-refractivity contribution in [2.75, 3.05) is 27.2 Å². The minimum absolute atomic E-state index is 0.206. The van der Waals surface area contributed by atoms with Crippen LogP contribution in [0.25, 0.3) is 0 Å². The fourth-order valence-corrected chi connectivity index (χ4v) is 1.25. The van der Waals surface area contributed by atoms with Gasteiger partial charge in [0.2, 0.25) is 0 Å². The molecule has 90 valence electrons. The van der Waals surface area contributed by atoms with E-state index in [0.29, 0.717) is 12.6 Å². The average Bonchev–Trinajstić information content (AvgIpc) is 2.52. The van der Waals surface area contributed by atoms with Crippen LogP contribution in [0.15, 0.2) is 0 Å². The molecule has 0 radical (unpaired) electrons. The second kappa shape index (κ2) is 6.67. The summed E-state index contributed by atoms with van der Waals surface area (Å²) in [5.41, 5.74) is 0. The summed E-state index contributed by atoms with van der Waals surface area (Å²) >= 11 is 0. The maximum atomic E-state index is 11.0. The summed E-state index contributed by atoms with van der Waals surface area (Å²) in [5, 5.41) is 0. The monoisotopic (exact) mass is 216 g/mol. The molecule has 0 spiro atoms. The second-order valence-electron chi connectivity index (χ2n) is 3.87. The first-order chi connectivity index (χ1) is 7.02. The van der Waals surface area contributed by atoms with Gasteiger partial charge in [-0.25, -0.2) is 4.79 Å². The van der Waals surface area contributed by atoms with Gasteiger partial charge in [0.1, 0.15) is 6.61 Å². The summed E-state index contributed by atoms with van der Waals surface area (Å²) < 4.78 is 4.92. The first-order valence-corrected chi connectivity index (χ1v) is 5.62. The Hall–Kier alpha value is -0.770. The number of amides is 1. The first kappa shape index (κ1) is 14.2. The van der Waals surface area contributed by atoms with Gasteiger partial charge in [-0.3, -0.25) is 0 Å². The number of ether oxygens (including phenoxy) is 1. The van der Waals surface area contributed by atoms with Crippen LogP contribution in [0, 0.1) is 0 Å². The van der Waals surface area contributed by atoms with Gasteiger partial charge in [0.05, 0.1) is 6.04 Å². The number of cyclic esters (lactones) is 1. The van der Waals surface area contributed by atoms with Gasteiger partial charge in [0.25, 0.3) is 0 Å². The molecule has 15 heavy (non-hydrogen) atoms. The smallest absolute Gasteiger partial charge is 0.409 e. The zero-order chi connectivity index (χ0) is 12.0. The van der Waals surface area contributed by atoms with Gasteiger partial charge in [-0.1, -0.05) is 13.8 Å². The van der Waals surface area contributed by atoms with Crippen molar-refractivity contribution in [3.8, 4) is 0 Å². The number of nitrogens with zero attached hydrogens (tertiary/aromatic N) is 2. The Morgan fingerprint density at radius 3 is 2.40 bits per heavy atom. The van der Waals surface area contributed by atoms with Gasteiger partial charge in [-0.15, -0.1) is 0 Å². The van der Waals surface area contributed by atoms with E-state index in [1.165, 1.54) is 0 Å². The van der Waals surface area contributed by atoms with Gasteiger partial charge in [0.15, 0.2) is 0 Å². The summed E-state index contributed by atoms with van der Waals surface area (Å²) in [6.45, 7) is 9.67. The standard InChI is InChI=1S/C9H18N2O2.C2H6/c1-7(2)10(3)5-8-6-13-9(12)11(8)4;1-2/h7-8H,5-6H2,1-4H3;1-2H3. The minimum Gasteiger partial charge on any atom is -0.447 e. The quantitative estimate of drug-likeness (QED) is 0.721. The van der Waals surface area contributed by atoms with Gasteiger partial charge >= 0.3 is 6.09 Å². The number of likely N-dealkylation sites (N-methyl/N-ethyl adjacent to an activating group) is 2. The predicted molar refractivity (Wildman–Crippen MR) is 62.0 cm³/mol. The van der Waals surface area contributed by atoms with Crippen LogP contribution in [0.2, 0.25) is 0 Å². The Morgan fingerprint density at radius 2 is 2.07 bits per heavy atom. The highest BCUT2D eigenvalue weighted by molar-refractivity contribution is 5.69. The SMILES string of the molecule is CC.CC(C)N(C)CC1COC(=O)N1C. The molecule has 1 atom stereocenters. The Labute approximate surface area is 93.2 Å². The molecule has 4 nitrogen and oxygen atoms in total. The number of rotatable bonds is 3. The van der Waals surface area contributed by atoms with Crippen LogP contribution in [0.3, 0.4) is 0 Å². The molecule has 0 aromatic heterocycles. The number of hydrogen-bond acceptors (Lipinski definition) is 3. The third kappa shape index (κ3) is 4.08. The normalized spacial score (nSPS) is 20.4. The topological polar surface area (TPSA) is 32.8 Å². The van der Waals surface area contributed by atoms with E-state index in [9.17, 15) is 4.79 Å². The lowest BCUT2D eigenvalue weighted by atomic mass is 10.2. The largest absolute Gasteiger partial charge is 0.447 e. The van der Waals surface area contributed by atoms with Crippen molar-refractivity contribution in [3.63, 3.8) is 0 Å². The molecule has 0 bridgehead atoms. The summed E-state index contributed by atoms with van der Waals surface area (Å²) in [5.74, 6) is 0. The summed E-state index contributed by atoms with van der Waals surface area (Å²) in [6, 6.07) is 0.712. The lowest BCUT2D eigenvalue weighted by molar-refractivity contribution is 0.162. The van der Waals surface area contributed by atoms with Crippen LogP contribution in [-0.4, -0.2) is 55.2 Å². The van der Waals surface area contributed by atoms with Crippen LogP contribution in [0.5, 0.6) is 0 Å². The van der Waals surface area contributed by atoms with Crippen molar-refractivity contribution in [1.82, 2.24) is 9.80 Å². The minimum atomic E-state index is -0.206. The molecular formula is C11H24N2O2. The number of hydrogen-bond donors (Lipinski definition) is 0. The van der Waals surface area contributed by atoms with E-state index < -0.39 is 0 Å². The molecule has 0 aliphatic carbocycles. The molecule has 4 heteroatoms. The van der Waals surface area contributed by atoms with Crippen LogP contribution >= 0.6 is 0 Å². The lowest BCUT2D eigenvalue weighted by Gasteiger charge is -2.26. The maximum absolute atomic E-state index is 11.0. The maximum Gasteiger partial charge on any atom is 0.409 e. The van der Waals surface area contributed by atoms with E-state index in [0.717, 1.165) is 6.54 Å². The molecule has 1 saturated heterocycles. The van der Waals surface area contributed by atoms with Gasteiger partial charge in [-0.05, 0) is 20.9 Å². The van der Waals surface area contributed by atoms with Gasteiger partial charge in [0, 0.05) is 19.6 Å². The van der Waals surface area contributed by atoms with Crippen molar-refractivity contribution < 1.29 is 9.53 Å². The molecule has 1 amide bonds. The Balaban J connectivity index is 0.000000921. The number of carbonyl (C=O) groups is 1. The lowest BCUT2D eigenvalue weighted by Crippen LogP contribution is -2.41. The van der Waals surface area contributed by atoms with Crippen molar-refractivity contribution in [3.05, 3.63) is 0 Å². The van der Waals surface area contributed by atoms with Gasteiger partial charge < -0.3 is 14.5 Å². The third-order valence-corrected chi connectivity index (χ3v) is 2.62. The predicted octanol–water partition coefficient (Wildman–Crippen LogP) is 1.80. The Morgan fingerprint density at radius 1 is 1.53 bits per heavy atom. The van der Waals surface area contributed by atoms with Gasteiger partial charge in [-0.2, -0.15) is 0 Å². The molecular weight excluding hydrogens is 192 g/mol. The first-order valence-electron chi connectivity index (χ1n) is 5.62. The Kier molecular flexibility index (Phi) is 6.32. The molecule has 1 heterocycles. The van der Waals surface area contributed by atoms with Crippen LogP contribution < -0.4 is 0 Å². The molecule has 1 unspecified atom stereocenters. The molecule has 1 fully saturated rings. The second-order valence-corrected chi connectivity index (χ2v) is 3.87. The van der Waals surface area contributed by atoms with Crippen molar-refractivity contribution >= 4 is 6.09 Å². The fourth-order valence-electron chi connectivity index (χ4n) is 1.25.